The van der Waals surface area contributed by atoms with Gasteiger partial charge in [0.25, 0.3) is 5.91 Å². The molecule has 0 radical (unpaired) electrons. The topological polar surface area (TPSA) is 131 Å². The lowest BCUT2D eigenvalue weighted by molar-refractivity contribution is -0.138. The van der Waals surface area contributed by atoms with E-state index in [0.717, 1.165) is 0 Å². The van der Waals surface area contributed by atoms with Gasteiger partial charge in [-0.2, -0.15) is 0 Å². The number of H-pyrrole nitrogens is 1. The van der Waals surface area contributed by atoms with Gasteiger partial charge in [-0.3, -0.25) is 9.59 Å². The lowest BCUT2D eigenvalue weighted by Gasteiger charge is -2.13. The summed E-state index contributed by atoms with van der Waals surface area (Å²) in [6.07, 6.45) is 1.40. The molecule has 1 aromatic carbocycles. The number of primary amides is 1. The summed E-state index contributed by atoms with van der Waals surface area (Å²) in [5.74, 6) is -2.55. The van der Waals surface area contributed by atoms with Crippen LogP contribution < -0.4 is 16.2 Å². The summed E-state index contributed by atoms with van der Waals surface area (Å²) >= 11 is 0. The van der Waals surface area contributed by atoms with Crippen LogP contribution in [0.1, 0.15) is 21.5 Å². The second-order valence-electron chi connectivity index (χ2n) is 4.92. The van der Waals surface area contributed by atoms with E-state index in [-0.39, 0.29) is 34.2 Å². The lowest BCUT2D eigenvalue weighted by atomic mass is 9.98. The molecule has 1 atom stereocenters. The number of halogens is 1. The van der Waals surface area contributed by atoms with Crippen molar-refractivity contribution in [3.63, 3.8) is 0 Å². The van der Waals surface area contributed by atoms with Crippen molar-refractivity contribution in [2.45, 2.75) is 19.4 Å². The molecule has 0 aliphatic rings. The van der Waals surface area contributed by atoms with Crippen molar-refractivity contribution >= 4 is 22.8 Å². The van der Waals surface area contributed by atoms with E-state index < -0.39 is 23.7 Å². The van der Waals surface area contributed by atoms with Crippen molar-refractivity contribution in [1.29, 1.82) is 0 Å². The Labute approximate surface area is 125 Å². The normalized spacial score (nSPS) is 12.4. The number of methoxy groups -OCH3 is 1. The number of nitrogens with one attached hydrogen (secondary N) is 1. The molecule has 118 valence electrons. The number of fused-ring (bicyclic) bond motifs is 1. The van der Waals surface area contributed by atoms with Gasteiger partial charge in [0, 0.05) is 23.6 Å². The molecule has 22 heavy (non-hydrogen) atoms. The second kappa shape index (κ2) is 5.64. The van der Waals surface area contributed by atoms with Crippen LogP contribution in [-0.4, -0.2) is 35.1 Å². The number of aromatic amines is 1. The molecule has 0 aliphatic carbocycles. The summed E-state index contributed by atoms with van der Waals surface area (Å²) in [5.41, 5.74) is 11.4. The molecular weight excluding hydrogens is 293 g/mol. The third-order valence-corrected chi connectivity index (χ3v) is 3.55. The third-order valence-electron chi connectivity index (χ3n) is 3.55. The van der Waals surface area contributed by atoms with Gasteiger partial charge in [0.15, 0.2) is 5.82 Å². The van der Waals surface area contributed by atoms with E-state index in [9.17, 15) is 14.0 Å². The maximum absolute atomic E-state index is 14.4. The standard InChI is InChI=1S/C14H16FN3O4/c1-5-8(13(17)19)12(22-2)9-6(3-7(16)14(20)21)4-18-11(9)10(5)15/h4,7,18H,3,16H2,1-2H3,(H2,17,19)(H,20,21). The summed E-state index contributed by atoms with van der Waals surface area (Å²) in [7, 11) is 1.33. The van der Waals surface area contributed by atoms with Gasteiger partial charge in [-0.05, 0) is 12.5 Å². The fraction of sp³-hybridized carbons (Fsp3) is 0.286. The first-order valence-corrected chi connectivity index (χ1v) is 6.43. The van der Waals surface area contributed by atoms with E-state index in [1.54, 1.807) is 0 Å². The smallest absolute Gasteiger partial charge is 0.320 e. The lowest BCUT2D eigenvalue weighted by Crippen LogP contribution is -2.32. The predicted octanol–water partition coefficient (Wildman–Crippen LogP) is 0.677. The molecule has 1 aromatic heterocycles. The molecule has 0 fully saturated rings. The number of benzene rings is 1. The van der Waals surface area contributed by atoms with Crippen LogP contribution in [0.2, 0.25) is 0 Å². The summed E-state index contributed by atoms with van der Waals surface area (Å²) < 4.78 is 19.6. The number of rotatable bonds is 5. The second-order valence-corrected chi connectivity index (χ2v) is 4.92. The molecule has 1 heterocycles. The van der Waals surface area contributed by atoms with Crippen molar-refractivity contribution in [1.82, 2.24) is 4.98 Å². The van der Waals surface area contributed by atoms with Gasteiger partial charge in [-0.15, -0.1) is 0 Å². The molecule has 1 unspecified atom stereocenters. The quantitative estimate of drug-likeness (QED) is 0.645. The van der Waals surface area contributed by atoms with E-state index in [4.69, 9.17) is 21.3 Å². The summed E-state index contributed by atoms with van der Waals surface area (Å²) in [5, 5.41) is 9.18. The summed E-state index contributed by atoms with van der Waals surface area (Å²) in [6.45, 7) is 1.42. The molecule has 2 aromatic rings. The molecule has 0 aliphatic heterocycles. The van der Waals surface area contributed by atoms with Crippen molar-refractivity contribution in [2.75, 3.05) is 7.11 Å². The number of hydrogen-bond donors (Lipinski definition) is 4. The minimum atomic E-state index is -1.18. The van der Waals surface area contributed by atoms with Gasteiger partial charge in [0.1, 0.15) is 11.8 Å². The number of amides is 1. The minimum absolute atomic E-state index is 0.0492. The fourth-order valence-electron chi connectivity index (χ4n) is 2.48. The number of carboxylic acid groups (broad SMARTS) is 1. The van der Waals surface area contributed by atoms with Crippen LogP contribution in [0.3, 0.4) is 0 Å². The van der Waals surface area contributed by atoms with Crippen LogP contribution in [0.4, 0.5) is 4.39 Å². The van der Waals surface area contributed by atoms with Crippen molar-refractivity contribution in [3.8, 4) is 5.75 Å². The van der Waals surface area contributed by atoms with Gasteiger partial charge in [0.2, 0.25) is 0 Å². The molecule has 8 heteroatoms. The van der Waals surface area contributed by atoms with Crippen LogP contribution >= 0.6 is 0 Å². The Kier molecular flexibility index (Phi) is 4.05. The van der Waals surface area contributed by atoms with E-state index >= 15 is 0 Å². The molecule has 7 nitrogen and oxygen atoms in total. The number of carbonyl (C=O) groups excluding carboxylic acids is 1. The number of carboxylic acids is 1. The van der Waals surface area contributed by atoms with Crippen LogP contribution in [0.15, 0.2) is 6.20 Å². The first-order valence-electron chi connectivity index (χ1n) is 6.43. The van der Waals surface area contributed by atoms with Crippen LogP contribution in [0, 0.1) is 12.7 Å². The minimum Gasteiger partial charge on any atom is -0.495 e. The Hall–Kier alpha value is -2.61. The number of carbonyl (C=O) groups is 2. The van der Waals surface area contributed by atoms with Gasteiger partial charge in [-0.25, -0.2) is 4.39 Å². The summed E-state index contributed by atoms with van der Waals surface area (Å²) in [4.78, 5) is 25.2. The maximum atomic E-state index is 14.4. The molecule has 0 saturated carbocycles. The molecule has 2 rings (SSSR count). The van der Waals surface area contributed by atoms with E-state index in [1.165, 1.54) is 20.2 Å². The Balaban J connectivity index is 2.77. The van der Waals surface area contributed by atoms with Crippen LogP contribution in [0.5, 0.6) is 5.75 Å². The van der Waals surface area contributed by atoms with Crippen molar-refractivity contribution < 1.29 is 23.8 Å². The first kappa shape index (κ1) is 15.8. The number of aromatic nitrogens is 1. The van der Waals surface area contributed by atoms with Crippen LogP contribution in [-0.2, 0) is 11.2 Å². The molecule has 6 N–H and O–H groups in total. The van der Waals surface area contributed by atoms with Gasteiger partial charge >= 0.3 is 5.97 Å². The molecule has 0 bridgehead atoms. The van der Waals surface area contributed by atoms with E-state index in [2.05, 4.69) is 4.98 Å². The number of aliphatic carboxylic acids is 1. The maximum Gasteiger partial charge on any atom is 0.320 e. The zero-order valence-electron chi connectivity index (χ0n) is 12.1. The van der Waals surface area contributed by atoms with Crippen molar-refractivity contribution in [2.24, 2.45) is 11.5 Å². The van der Waals surface area contributed by atoms with Gasteiger partial charge in [-0.1, -0.05) is 0 Å². The van der Waals surface area contributed by atoms with Gasteiger partial charge in [0.05, 0.1) is 18.2 Å². The molecule has 0 spiro atoms. The molecular formula is C14H16FN3O4. The number of ether oxygens (including phenoxy) is 1. The van der Waals surface area contributed by atoms with E-state index in [0.29, 0.717) is 5.56 Å². The highest BCUT2D eigenvalue weighted by atomic mass is 19.1. The SMILES string of the molecule is COc1c(C(N)=O)c(C)c(F)c2[nH]cc(CC(N)C(=O)O)c12. The zero-order valence-corrected chi connectivity index (χ0v) is 12.1. The first-order chi connectivity index (χ1) is 10.3. The third kappa shape index (κ3) is 2.37. The average Bonchev–Trinajstić information content (AvgIpc) is 2.85. The Bertz CT molecular complexity index is 769. The highest BCUT2D eigenvalue weighted by Crippen LogP contribution is 2.37. The number of nitrogens with two attached hydrogens (primary N) is 2. The predicted molar refractivity (Wildman–Crippen MR) is 77.4 cm³/mol. The highest BCUT2D eigenvalue weighted by molar-refractivity contribution is 6.05. The molecule has 0 saturated heterocycles. The summed E-state index contributed by atoms with van der Waals surface area (Å²) in [6, 6.07) is -1.16. The Morgan fingerprint density at radius 2 is 2.14 bits per heavy atom. The highest BCUT2D eigenvalue weighted by Gasteiger charge is 2.25. The average molecular weight is 309 g/mol. The van der Waals surface area contributed by atoms with Crippen molar-refractivity contribution in [3.05, 3.63) is 28.7 Å². The largest absolute Gasteiger partial charge is 0.495 e. The molecule has 1 amide bonds. The Morgan fingerprint density at radius 1 is 1.50 bits per heavy atom. The number of hydrogen-bond acceptors (Lipinski definition) is 4. The Morgan fingerprint density at radius 3 is 2.64 bits per heavy atom. The fourth-order valence-corrected chi connectivity index (χ4v) is 2.48. The zero-order chi connectivity index (χ0) is 16.6. The van der Waals surface area contributed by atoms with E-state index in [1.807, 2.05) is 0 Å². The van der Waals surface area contributed by atoms with Gasteiger partial charge < -0.3 is 26.3 Å². The monoisotopic (exact) mass is 309 g/mol. The van der Waals surface area contributed by atoms with Crippen LogP contribution in [0.25, 0.3) is 10.9 Å².